The van der Waals surface area contributed by atoms with Gasteiger partial charge >= 0.3 is 0 Å². The number of hydrogen-bond donors (Lipinski definition) is 1. The minimum absolute atomic E-state index is 0.227. The summed E-state index contributed by atoms with van der Waals surface area (Å²) >= 11 is 7.28. The second-order valence-electron chi connectivity index (χ2n) is 3.34. The van der Waals surface area contributed by atoms with Gasteiger partial charge in [0.1, 0.15) is 5.82 Å². The highest BCUT2D eigenvalue weighted by Gasteiger charge is 2.07. The van der Waals surface area contributed by atoms with Crippen LogP contribution < -0.4 is 5.73 Å². The second kappa shape index (κ2) is 6.36. The molecule has 1 aromatic carbocycles. The van der Waals surface area contributed by atoms with Gasteiger partial charge in [-0.3, -0.25) is 0 Å². The third-order valence-corrected chi connectivity index (χ3v) is 3.45. The fourth-order valence-corrected chi connectivity index (χ4v) is 2.27. The van der Waals surface area contributed by atoms with Crippen molar-refractivity contribution in [2.24, 2.45) is 5.73 Å². The van der Waals surface area contributed by atoms with Crippen LogP contribution in [0.3, 0.4) is 0 Å². The first-order valence-electron chi connectivity index (χ1n) is 4.91. The third kappa shape index (κ3) is 3.67. The summed E-state index contributed by atoms with van der Waals surface area (Å²) in [5.41, 5.74) is 6.40. The van der Waals surface area contributed by atoms with Gasteiger partial charge in [-0.25, -0.2) is 4.39 Å². The van der Waals surface area contributed by atoms with Crippen LogP contribution in [-0.4, -0.2) is 12.8 Å². The number of aryl methyl sites for hydroxylation is 1. The number of unbranched alkanes of at least 4 members (excludes halogenated alkanes) is 1. The Bertz CT molecular complexity index is 331. The van der Waals surface area contributed by atoms with Gasteiger partial charge in [-0.05, 0) is 49.8 Å². The summed E-state index contributed by atoms with van der Waals surface area (Å²) in [5, 5.41) is 0.227. The topological polar surface area (TPSA) is 26.0 Å². The van der Waals surface area contributed by atoms with Crippen molar-refractivity contribution >= 4 is 23.4 Å². The zero-order valence-electron chi connectivity index (χ0n) is 8.72. The van der Waals surface area contributed by atoms with E-state index in [1.165, 1.54) is 17.8 Å². The average molecular weight is 248 g/mol. The van der Waals surface area contributed by atoms with Crippen LogP contribution in [0.4, 0.5) is 4.39 Å². The number of halogens is 2. The molecule has 0 amide bonds. The molecule has 1 aromatic rings. The molecule has 0 aromatic heterocycles. The SMILES string of the molecule is CSc1cc(CCCCN)cc(F)c1Cl. The Balaban J connectivity index is 2.77. The first-order chi connectivity index (χ1) is 7.19. The van der Waals surface area contributed by atoms with Crippen molar-refractivity contribution in [1.82, 2.24) is 0 Å². The van der Waals surface area contributed by atoms with Crippen molar-refractivity contribution in [3.63, 3.8) is 0 Å². The molecule has 1 rings (SSSR count). The molecule has 0 heterocycles. The quantitative estimate of drug-likeness (QED) is 0.637. The molecule has 1 nitrogen and oxygen atoms in total. The van der Waals surface area contributed by atoms with Gasteiger partial charge < -0.3 is 5.73 Å². The molecular weight excluding hydrogens is 233 g/mol. The Labute approximate surface area is 99.2 Å². The van der Waals surface area contributed by atoms with E-state index < -0.39 is 0 Å². The maximum Gasteiger partial charge on any atom is 0.143 e. The van der Waals surface area contributed by atoms with Crippen molar-refractivity contribution < 1.29 is 4.39 Å². The molecule has 0 saturated carbocycles. The van der Waals surface area contributed by atoms with Gasteiger partial charge in [0.25, 0.3) is 0 Å². The molecular formula is C11H15ClFNS. The van der Waals surface area contributed by atoms with E-state index in [9.17, 15) is 4.39 Å². The Morgan fingerprint density at radius 2 is 2.13 bits per heavy atom. The second-order valence-corrected chi connectivity index (χ2v) is 4.57. The highest BCUT2D eigenvalue weighted by atomic mass is 35.5. The molecule has 0 bridgehead atoms. The highest BCUT2D eigenvalue weighted by molar-refractivity contribution is 7.98. The van der Waals surface area contributed by atoms with E-state index in [0.717, 1.165) is 29.7 Å². The average Bonchev–Trinajstić information content (AvgIpc) is 2.23. The third-order valence-electron chi connectivity index (χ3n) is 2.19. The summed E-state index contributed by atoms with van der Waals surface area (Å²) < 4.78 is 13.4. The van der Waals surface area contributed by atoms with Crippen LogP contribution in [0.1, 0.15) is 18.4 Å². The van der Waals surface area contributed by atoms with E-state index in [1.54, 1.807) is 0 Å². The molecule has 4 heteroatoms. The summed E-state index contributed by atoms with van der Waals surface area (Å²) in [6, 6.07) is 3.46. The van der Waals surface area contributed by atoms with E-state index in [0.29, 0.717) is 6.54 Å². The predicted molar refractivity (Wildman–Crippen MR) is 65.2 cm³/mol. The monoisotopic (exact) mass is 247 g/mol. The minimum atomic E-state index is -0.328. The van der Waals surface area contributed by atoms with Gasteiger partial charge in [0.15, 0.2) is 0 Å². The lowest BCUT2D eigenvalue weighted by Crippen LogP contribution is -1.99. The molecule has 0 aliphatic rings. The van der Waals surface area contributed by atoms with Crippen molar-refractivity contribution in [1.29, 1.82) is 0 Å². The van der Waals surface area contributed by atoms with Gasteiger partial charge in [0, 0.05) is 4.90 Å². The zero-order valence-corrected chi connectivity index (χ0v) is 10.3. The van der Waals surface area contributed by atoms with Crippen LogP contribution in [0.15, 0.2) is 17.0 Å². The molecule has 0 unspecified atom stereocenters. The van der Waals surface area contributed by atoms with E-state index in [2.05, 4.69) is 0 Å². The molecule has 84 valence electrons. The normalized spacial score (nSPS) is 10.7. The molecule has 0 atom stereocenters. The van der Waals surface area contributed by atoms with E-state index in [4.69, 9.17) is 17.3 Å². The fraction of sp³-hybridized carbons (Fsp3) is 0.455. The van der Waals surface area contributed by atoms with Gasteiger partial charge in [-0.2, -0.15) is 0 Å². The highest BCUT2D eigenvalue weighted by Crippen LogP contribution is 2.29. The summed E-state index contributed by atoms with van der Waals surface area (Å²) in [5.74, 6) is -0.328. The maximum absolute atomic E-state index is 13.4. The summed E-state index contributed by atoms with van der Waals surface area (Å²) in [6.07, 6.45) is 4.72. The number of nitrogens with two attached hydrogens (primary N) is 1. The van der Waals surface area contributed by atoms with Crippen LogP contribution in [0.5, 0.6) is 0 Å². The van der Waals surface area contributed by atoms with Crippen molar-refractivity contribution in [2.75, 3.05) is 12.8 Å². The molecule has 0 aliphatic carbocycles. The lowest BCUT2D eigenvalue weighted by Gasteiger charge is -2.06. The van der Waals surface area contributed by atoms with Crippen LogP contribution in [-0.2, 0) is 6.42 Å². The molecule has 0 radical (unpaired) electrons. The minimum Gasteiger partial charge on any atom is -0.330 e. The predicted octanol–water partition coefficient (Wildman–Crippen LogP) is 3.48. The Kier molecular flexibility index (Phi) is 5.43. The molecule has 0 fully saturated rings. The van der Waals surface area contributed by atoms with Crippen LogP contribution in [0, 0.1) is 5.82 Å². The number of hydrogen-bond acceptors (Lipinski definition) is 2. The summed E-state index contributed by atoms with van der Waals surface area (Å²) in [4.78, 5) is 0.805. The first-order valence-corrected chi connectivity index (χ1v) is 6.51. The standard InChI is InChI=1S/C11H15ClFNS/c1-15-10-7-8(4-2-3-5-14)6-9(13)11(10)12/h6-7H,2-5,14H2,1H3. The molecule has 0 saturated heterocycles. The number of rotatable bonds is 5. The lowest BCUT2D eigenvalue weighted by atomic mass is 10.1. The first kappa shape index (κ1) is 12.8. The fourth-order valence-electron chi connectivity index (χ4n) is 1.38. The van der Waals surface area contributed by atoms with Crippen LogP contribution >= 0.6 is 23.4 Å². The van der Waals surface area contributed by atoms with Crippen LogP contribution in [0.2, 0.25) is 5.02 Å². The Morgan fingerprint density at radius 1 is 1.40 bits per heavy atom. The zero-order chi connectivity index (χ0) is 11.3. The van der Waals surface area contributed by atoms with E-state index in [1.807, 2.05) is 12.3 Å². The molecule has 15 heavy (non-hydrogen) atoms. The van der Waals surface area contributed by atoms with Crippen LogP contribution in [0.25, 0.3) is 0 Å². The van der Waals surface area contributed by atoms with Gasteiger partial charge in [-0.1, -0.05) is 11.6 Å². The Morgan fingerprint density at radius 3 is 2.73 bits per heavy atom. The molecule has 2 N–H and O–H groups in total. The van der Waals surface area contributed by atoms with Gasteiger partial charge in [0.2, 0.25) is 0 Å². The largest absolute Gasteiger partial charge is 0.330 e. The van der Waals surface area contributed by atoms with E-state index in [-0.39, 0.29) is 10.8 Å². The smallest absolute Gasteiger partial charge is 0.143 e. The Hall–Kier alpha value is -0.250. The van der Waals surface area contributed by atoms with E-state index >= 15 is 0 Å². The molecule has 0 aliphatic heterocycles. The number of thioether (sulfide) groups is 1. The van der Waals surface area contributed by atoms with Crippen molar-refractivity contribution in [2.45, 2.75) is 24.2 Å². The summed E-state index contributed by atoms with van der Waals surface area (Å²) in [6.45, 7) is 0.686. The lowest BCUT2D eigenvalue weighted by molar-refractivity contribution is 0.620. The van der Waals surface area contributed by atoms with Crippen molar-refractivity contribution in [3.8, 4) is 0 Å². The molecule has 0 spiro atoms. The van der Waals surface area contributed by atoms with Gasteiger partial charge in [0.05, 0.1) is 5.02 Å². The summed E-state index contributed by atoms with van der Waals surface area (Å²) in [7, 11) is 0. The van der Waals surface area contributed by atoms with Gasteiger partial charge in [-0.15, -0.1) is 11.8 Å². The number of benzene rings is 1. The van der Waals surface area contributed by atoms with Crippen molar-refractivity contribution in [3.05, 3.63) is 28.5 Å². The maximum atomic E-state index is 13.4.